The molecule has 1 saturated heterocycles. The van der Waals surface area contributed by atoms with Gasteiger partial charge in [0.1, 0.15) is 0 Å². The predicted octanol–water partition coefficient (Wildman–Crippen LogP) is 2.17. The molecule has 1 N–H and O–H groups in total. The molecule has 1 aromatic carbocycles. The van der Waals surface area contributed by atoms with E-state index in [1.807, 2.05) is 0 Å². The molecular formula is C18H22F2N2O4. The second-order valence-electron chi connectivity index (χ2n) is 6.33. The normalized spacial score (nSPS) is 14.8. The molecule has 1 aliphatic rings. The highest BCUT2D eigenvalue weighted by molar-refractivity contribution is 5.85. The van der Waals surface area contributed by atoms with Crippen molar-refractivity contribution in [2.75, 3.05) is 19.6 Å². The highest BCUT2D eigenvalue weighted by atomic mass is 19.2. The molecule has 1 aliphatic heterocycles. The number of aliphatic carboxylic acids is 1. The van der Waals surface area contributed by atoms with Crippen LogP contribution in [0.3, 0.4) is 0 Å². The van der Waals surface area contributed by atoms with Crippen molar-refractivity contribution in [3.05, 3.63) is 35.4 Å². The van der Waals surface area contributed by atoms with E-state index in [0.29, 0.717) is 18.5 Å². The third-order valence-electron chi connectivity index (χ3n) is 4.30. The Bertz CT molecular complexity index is 681. The summed E-state index contributed by atoms with van der Waals surface area (Å²) in [5.41, 5.74) is 0.352. The molecule has 0 aliphatic carbocycles. The lowest BCUT2D eigenvalue weighted by Crippen LogP contribution is -2.43. The second-order valence-corrected chi connectivity index (χ2v) is 6.33. The van der Waals surface area contributed by atoms with Crippen molar-refractivity contribution in [2.24, 2.45) is 0 Å². The number of amides is 2. The van der Waals surface area contributed by atoms with E-state index in [-0.39, 0.29) is 32.0 Å². The van der Waals surface area contributed by atoms with Crippen LogP contribution in [0.5, 0.6) is 0 Å². The number of rotatable bonds is 7. The van der Waals surface area contributed by atoms with E-state index in [1.54, 1.807) is 0 Å². The van der Waals surface area contributed by atoms with Gasteiger partial charge in [-0.1, -0.05) is 12.5 Å². The van der Waals surface area contributed by atoms with Crippen LogP contribution in [0.25, 0.3) is 0 Å². The van der Waals surface area contributed by atoms with Gasteiger partial charge in [0.25, 0.3) is 0 Å². The molecule has 26 heavy (non-hydrogen) atoms. The zero-order chi connectivity index (χ0) is 19.1. The molecule has 0 bridgehead atoms. The Morgan fingerprint density at radius 2 is 1.92 bits per heavy atom. The van der Waals surface area contributed by atoms with Gasteiger partial charge < -0.3 is 14.9 Å². The maximum absolute atomic E-state index is 13.4. The molecule has 1 heterocycles. The molecule has 2 amide bonds. The Balaban J connectivity index is 2.08. The van der Waals surface area contributed by atoms with Crippen LogP contribution in [0.2, 0.25) is 0 Å². The van der Waals surface area contributed by atoms with Gasteiger partial charge in [0.2, 0.25) is 11.8 Å². The molecule has 142 valence electrons. The maximum Gasteiger partial charge on any atom is 0.305 e. The van der Waals surface area contributed by atoms with Crippen LogP contribution in [0.15, 0.2) is 18.2 Å². The SMILES string of the molecule is O=C(O)CCN(Cc1ccc(F)c(F)c1)C(=O)CN1CCCCCC1=O. The van der Waals surface area contributed by atoms with Gasteiger partial charge in [-0.2, -0.15) is 0 Å². The van der Waals surface area contributed by atoms with Crippen LogP contribution in [-0.4, -0.2) is 52.3 Å². The molecule has 0 radical (unpaired) electrons. The summed E-state index contributed by atoms with van der Waals surface area (Å²) in [5.74, 6) is -3.60. The van der Waals surface area contributed by atoms with Crippen LogP contribution in [0.1, 0.15) is 37.7 Å². The molecule has 0 atom stereocenters. The first-order chi connectivity index (χ1) is 12.4. The number of likely N-dealkylation sites (tertiary alicyclic amines) is 1. The fourth-order valence-corrected chi connectivity index (χ4v) is 2.85. The number of carbonyl (C=O) groups excluding carboxylic acids is 2. The van der Waals surface area contributed by atoms with E-state index in [2.05, 4.69) is 0 Å². The van der Waals surface area contributed by atoms with Crippen LogP contribution >= 0.6 is 0 Å². The average Bonchev–Trinajstić information content (AvgIpc) is 2.79. The van der Waals surface area contributed by atoms with Gasteiger partial charge in [-0.15, -0.1) is 0 Å². The zero-order valence-electron chi connectivity index (χ0n) is 14.4. The first-order valence-corrected chi connectivity index (χ1v) is 8.58. The van der Waals surface area contributed by atoms with E-state index >= 15 is 0 Å². The summed E-state index contributed by atoms with van der Waals surface area (Å²) in [5, 5.41) is 8.88. The van der Waals surface area contributed by atoms with Crippen molar-refractivity contribution in [1.82, 2.24) is 9.80 Å². The number of hydrogen-bond acceptors (Lipinski definition) is 3. The monoisotopic (exact) mass is 368 g/mol. The Labute approximate surface area is 150 Å². The fraction of sp³-hybridized carbons (Fsp3) is 0.500. The molecule has 1 fully saturated rings. The zero-order valence-corrected chi connectivity index (χ0v) is 14.4. The minimum absolute atomic E-state index is 0.0503. The van der Waals surface area contributed by atoms with Gasteiger partial charge in [0.05, 0.1) is 13.0 Å². The third-order valence-corrected chi connectivity index (χ3v) is 4.30. The lowest BCUT2D eigenvalue weighted by atomic mass is 10.2. The van der Waals surface area contributed by atoms with Gasteiger partial charge >= 0.3 is 5.97 Å². The summed E-state index contributed by atoms with van der Waals surface area (Å²) >= 11 is 0. The molecule has 8 heteroatoms. The van der Waals surface area contributed by atoms with Crippen molar-refractivity contribution in [1.29, 1.82) is 0 Å². The highest BCUT2D eigenvalue weighted by Gasteiger charge is 2.23. The average molecular weight is 368 g/mol. The van der Waals surface area contributed by atoms with E-state index in [4.69, 9.17) is 5.11 Å². The van der Waals surface area contributed by atoms with Crippen LogP contribution in [-0.2, 0) is 20.9 Å². The number of benzene rings is 1. The summed E-state index contributed by atoms with van der Waals surface area (Å²) in [6.45, 7) is 0.227. The van der Waals surface area contributed by atoms with Crippen molar-refractivity contribution < 1.29 is 28.3 Å². The third kappa shape index (κ3) is 5.79. The van der Waals surface area contributed by atoms with Crippen LogP contribution in [0.4, 0.5) is 8.78 Å². The van der Waals surface area contributed by atoms with Crippen molar-refractivity contribution in [3.63, 3.8) is 0 Å². The first-order valence-electron chi connectivity index (χ1n) is 8.58. The van der Waals surface area contributed by atoms with Crippen molar-refractivity contribution >= 4 is 17.8 Å². The summed E-state index contributed by atoms with van der Waals surface area (Å²) in [6, 6.07) is 3.28. The fourth-order valence-electron chi connectivity index (χ4n) is 2.85. The number of nitrogens with zero attached hydrogens (tertiary/aromatic N) is 2. The van der Waals surface area contributed by atoms with E-state index in [1.165, 1.54) is 15.9 Å². The second kappa shape index (κ2) is 9.26. The van der Waals surface area contributed by atoms with E-state index in [9.17, 15) is 23.2 Å². The predicted molar refractivity (Wildman–Crippen MR) is 89.1 cm³/mol. The Hall–Kier alpha value is -2.51. The number of halogens is 2. The summed E-state index contributed by atoms with van der Waals surface area (Å²) in [4.78, 5) is 38.3. The molecule has 0 unspecified atom stereocenters. The van der Waals surface area contributed by atoms with Gasteiger partial charge in [0.15, 0.2) is 11.6 Å². The molecule has 0 spiro atoms. The number of carbonyl (C=O) groups is 3. The van der Waals surface area contributed by atoms with Crippen LogP contribution < -0.4 is 0 Å². The van der Waals surface area contributed by atoms with E-state index in [0.717, 1.165) is 31.4 Å². The van der Waals surface area contributed by atoms with Gasteiger partial charge in [-0.25, -0.2) is 8.78 Å². The lowest BCUT2D eigenvalue weighted by molar-refractivity contribution is -0.142. The topological polar surface area (TPSA) is 77.9 Å². The summed E-state index contributed by atoms with van der Waals surface area (Å²) in [6.07, 6.45) is 2.65. The minimum Gasteiger partial charge on any atom is -0.481 e. The highest BCUT2D eigenvalue weighted by Crippen LogP contribution is 2.14. The van der Waals surface area contributed by atoms with Crippen molar-refractivity contribution in [3.8, 4) is 0 Å². The molecular weight excluding hydrogens is 346 g/mol. The van der Waals surface area contributed by atoms with E-state index < -0.39 is 23.5 Å². The Morgan fingerprint density at radius 1 is 1.15 bits per heavy atom. The number of carboxylic acid groups (broad SMARTS) is 1. The first kappa shape index (κ1) is 19.8. The molecule has 6 nitrogen and oxygen atoms in total. The molecule has 0 saturated carbocycles. The largest absolute Gasteiger partial charge is 0.481 e. The summed E-state index contributed by atoms with van der Waals surface area (Å²) < 4.78 is 26.5. The Morgan fingerprint density at radius 3 is 2.62 bits per heavy atom. The molecule has 2 rings (SSSR count). The quantitative estimate of drug-likeness (QED) is 0.800. The minimum atomic E-state index is -1.07. The standard InChI is InChI=1S/C18H22F2N2O4/c19-14-6-5-13(10-15(14)20)11-22(9-7-18(25)26)17(24)12-21-8-3-1-2-4-16(21)23/h5-6,10H,1-4,7-9,11-12H2,(H,25,26). The molecule has 0 aromatic heterocycles. The number of hydrogen-bond donors (Lipinski definition) is 1. The Kier molecular flexibility index (Phi) is 7.06. The summed E-state index contributed by atoms with van der Waals surface area (Å²) in [7, 11) is 0. The van der Waals surface area contributed by atoms with Gasteiger partial charge in [-0.3, -0.25) is 14.4 Å². The molecule has 1 aromatic rings. The van der Waals surface area contributed by atoms with Crippen molar-refractivity contribution in [2.45, 2.75) is 38.6 Å². The van der Waals surface area contributed by atoms with Gasteiger partial charge in [-0.05, 0) is 30.5 Å². The maximum atomic E-state index is 13.4. The lowest BCUT2D eigenvalue weighted by Gasteiger charge is -2.27. The number of carboxylic acids is 1. The van der Waals surface area contributed by atoms with Crippen LogP contribution in [0, 0.1) is 11.6 Å². The van der Waals surface area contributed by atoms with Gasteiger partial charge in [0, 0.05) is 26.1 Å². The smallest absolute Gasteiger partial charge is 0.305 e.